The second-order valence-electron chi connectivity index (χ2n) is 6.00. The molecule has 0 fully saturated rings. The van der Waals surface area contributed by atoms with Gasteiger partial charge in [0.25, 0.3) is 5.91 Å². The van der Waals surface area contributed by atoms with Gasteiger partial charge in [0.05, 0.1) is 6.61 Å². The first-order chi connectivity index (χ1) is 12.6. The summed E-state index contributed by atoms with van der Waals surface area (Å²) in [6.07, 6.45) is 2.06. The molecule has 0 saturated heterocycles. The van der Waals surface area contributed by atoms with Crippen molar-refractivity contribution < 1.29 is 19.1 Å². The number of hydrogen-bond acceptors (Lipinski definition) is 4. The SMILES string of the molecule is CCCCOc1ccc(C(=O)NCC(=O)OCc2ccccc2C)cc1. The summed E-state index contributed by atoms with van der Waals surface area (Å²) in [4.78, 5) is 23.9. The van der Waals surface area contributed by atoms with Crippen molar-refractivity contribution in [2.45, 2.75) is 33.3 Å². The summed E-state index contributed by atoms with van der Waals surface area (Å²) < 4.78 is 10.8. The highest BCUT2D eigenvalue weighted by Crippen LogP contribution is 2.13. The normalized spacial score (nSPS) is 10.2. The first-order valence-electron chi connectivity index (χ1n) is 8.81. The molecule has 0 heterocycles. The highest BCUT2D eigenvalue weighted by Gasteiger charge is 2.10. The molecule has 0 aliphatic rings. The van der Waals surface area contributed by atoms with Gasteiger partial charge in [-0.25, -0.2) is 0 Å². The van der Waals surface area contributed by atoms with Crippen molar-refractivity contribution in [2.24, 2.45) is 0 Å². The van der Waals surface area contributed by atoms with Crippen molar-refractivity contribution in [3.05, 3.63) is 65.2 Å². The zero-order valence-electron chi connectivity index (χ0n) is 15.3. The summed E-state index contributed by atoms with van der Waals surface area (Å²) in [6, 6.07) is 14.5. The zero-order chi connectivity index (χ0) is 18.8. The molecule has 0 aliphatic carbocycles. The van der Waals surface area contributed by atoms with Gasteiger partial charge < -0.3 is 14.8 Å². The van der Waals surface area contributed by atoms with Gasteiger partial charge in [-0.15, -0.1) is 0 Å². The number of carbonyl (C=O) groups excluding carboxylic acids is 2. The van der Waals surface area contributed by atoms with Crippen LogP contribution in [0.1, 0.15) is 41.3 Å². The molecule has 0 atom stereocenters. The van der Waals surface area contributed by atoms with Gasteiger partial charge >= 0.3 is 5.97 Å². The number of esters is 1. The van der Waals surface area contributed by atoms with Gasteiger partial charge in [0.1, 0.15) is 18.9 Å². The van der Waals surface area contributed by atoms with Crippen molar-refractivity contribution in [1.29, 1.82) is 0 Å². The Morgan fingerprint density at radius 2 is 1.77 bits per heavy atom. The lowest BCUT2D eigenvalue weighted by atomic mass is 10.1. The van der Waals surface area contributed by atoms with E-state index in [-0.39, 0.29) is 19.1 Å². The highest BCUT2D eigenvalue weighted by atomic mass is 16.5. The van der Waals surface area contributed by atoms with Crippen LogP contribution in [0, 0.1) is 6.92 Å². The molecule has 1 N–H and O–H groups in total. The third-order valence-electron chi connectivity index (χ3n) is 3.93. The van der Waals surface area contributed by atoms with Crippen LogP contribution in [-0.4, -0.2) is 25.0 Å². The lowest BCUT2D eigenvalue weighted by Crippen LogP contribution is -2.30. The lowest BCUT2D eigenvalue weighted by molar-refractivity contribution is -0.143. The van der Waals surface area contributed by atoms with E-state index in [1.54, 1.807) is 24.3 Å². The fourth-order valence-corrected chi connectivity index (χ4v) is 2.27. The molecule has 138 valence electrons. The van der Waals surface area contributed by atoms with E-state index in [9.17, 15) is 9.59 Å². The van der Waals surface area contributed by atoms with Gasteiger partial charge in [0, 0.05) is 5.56 Å². The molecule has 2 aromatic rings. The summed E-state index contributed by atoms with van der Waals surface area (Å²) in [5.41, 5.74) is 2.48. The first kappa shape index (κ1) is 19.5. The van der Waals surface area contributed by atoms with Crippen LogP contribution < -0.4 is 10.1 Å². The molecule has 0 bridgehead atoms. The average molecular weight is 355 g/mol. The summed E-state index contributed by atoms with van der Waals surface area (Å²) >= 11 is 0. The monoisotopic (exact) mass is 355 g/mol. The van der Waals surface area contributed by atoms with Crippen LogP contribution in [0.3, 0.4) is 0 Å². The largest absolute Gasteiger partial charge is 0.494 e. The van der Waals surface area contributed by atoms with Gasteiger partial charge in [-0.05, 0) is 48.7 Å². The second kappa shape index (κ2) is 10.2. The quantitative estimate of drug-likeness (QED) is 0.551. The number of nitrogens with one attached hydrogen (secondary N) is 1. The fraction of sp³-hybridized carbons (Fsp3) is 0.333. The predicted octanol–water partition coefficient (Wildman–Crippen LogP) is 3.65. The molecule has 0 spiro atoms. The first-order valence-corrected chi connectivity index (χ1v) is 8.81. The van der Waals surface area contributed by atoms with Crippen molar-refractivity contribution in [1.82, 2.24) is 5.32 Å². The third kappa shape index (κ3) is 6.24. The highest BCUT2D eigenvalue weighted by molar-refractivity contribution is 5.96. The second-order valence-corrected chi connectivity index (χ2v) is 6.00. The number of aryl methyl sites for hydroxylation is 1. The maximum Gasteiger partial charge on any atom is 0.325 e. The van der Waals surface area contributed by atoms with Crippen LogP contribution in [0.4, 0.5) is 0 Å². The van der Waals surface area contributed by atoms with Gasteiger partial charge in [-0.3, -0.25) is 9.59 Å². The standard InChI is InChI=1S/C21H25NO4/c1-3-4-13-25-19-11-9-17(10-12-19)21(24)22-14-20(23)26-15-18-8-6-5-7-16(18)2/h5-12H,3-4,13-15H2,1-2H3,(H,22,24). The lowest BCUT2D eigenvalue weighted by Gasteiger charge is -2.09. The van der Waals surface area contributed by atoms with E-state index < -0.39 is 5.97 Å². The van der Waals surface area contributed by atoms with E-state index in [1.807, 2.05) is 31.2 Å². The topological polar surface area (TPSA) is 64.6 Å². The van der Waals surface area contributed by atoms with Crippen molar-refractivity contribution in [3.63, 3.8) is 0 Å². The Morgan fingerprint density at radius 1 is 1.04 bits per heavy atom. The Morgan fingerprint density at radius 3 is 2.46 bits per heavy atom. The van der Waals surface area contributed by atoms with E-state index in [1.165, 1.54) is 0 Å². The van der Waals surface area contributed by atoms with E-state index in [0.29, 0.717) is 12.2 Å². The van der Waals surface area contributed by atoms with Crippen LogP contribution in [0.2, 0.25) is 0 Å². The number of rotatable bonds is 9. The number of carbonyl (C=O) groups is 2. The average Bonchev–Trinajstić information content (AvgIpc) is 2.66. The summed E-state index contributed by atoms with van der Waals surface area (Å²) in [5.74, 6) is -0.0632. The molecule has 0 saturated carbocycles. The summed E-state index contributed by atoms with van der Waals surface area (Å²) in [6.45, 7) is 4.75. The van der Waals surface area contributed by atoms with Crippen LogP contribution >= 0.6 is 0 Å². The van der Waals surface area contributed by atoms with E-state index in [2.05, 4.69) is 12.2 Å². The zero-order valence-corrected chi connectivity index (χ0v) is 15.3. The Balaban J connectivity index is 1.75. The number of amides is 1. The van der Waals surface area contributed by atoms with Crippen LogP contribution in [0.25, 0.3) is 0 Å². The molecule has 2 aromatic carbocycles. The summed E-state index contributed by atoms with van der Waals surface area (Å²) in [5, 5.41) is 2.57. The Kier molecular flexibility index (Phi) is 7.68. The Labute approximate surface area is 154 Å². The van der Waals surface area contributed by atoms with Crippen LogP contribution in [-0.2, 0) is 16.1 Å². The van der Waals surface area contributed by atoms with Gasteiger partial charge in [-0.2, -0.15) is 0 Å². The van der Waals surface area contributed by atoms with Gasteiger partial charge in [0.2, 0.25) is 0 Å². The molecule has 0 unspecified atom stereocenters. The van der Waals surface area contributed by atoms with Crippen molar-refractivity contribution >= 4 is 11.9 Å². The molecule has 1 amide bonds. The molecule has 26 heavy (non-hydrogen) atoms. The Hall–Kier alpha value is -2.82. The minimum atomic E-state index is -0.471. The van der Waals surface area contributed by atoms with Crippen LogP contribution in [0.5, 0.6) is 5.75 Å². The molecule has 0 radical (unpaired) electrons. The third-order valence-corrected chi connectivity index (χ3v) is 3.93. The molecule has 5 heteroatoms. The van der Waals surface area contributed by atoms with Crippen LogP contribution in [0.15, 0.2) is 48.5 Å². The van der Waals surface area contributed by atoms with E-state index in [4.69, 9.17) is 9.47 Å². The molecule has 2 rings (SSSR count). The minimum absolute atomic E-state index is 0.167. The van der Waals surface area contributed by atoms with Crippen molar-refractivity contribution in [3.8, 4) is 5.75 Å². The Bertz CT molecular complexity index is 725. The molecule has 0 aliphatic heterocycles. The van der Waals surface area contributed by atoms with Gasteiger partial charge in [0.15, 0.2) is 0 Å². The molecule has 5 nitrogen and oxygen atoms in total. The van der Waals surface area contributed by atoms with E-state index >= 15 is 0 Å². The molecular formula is C21H25NO4. The smallest absolute Gasteiger partial charge is 0.325 e. The van der Waals surface area contributed by atoms with Gasteiger partial charge in [-0.1, -0.05) is 37.6 Å². The number of unbranched alkanes of at least 4 members (excludes halogenated alkanes) is 1. The summed E-state index contributed by atoms with van der Waals surface area (Å²) in [7, 11) is 0. The molecule has 0 aromatic heterocycles. The fourth-order valence-electron chi connectivity index (χ4n) is 2.27. The maximum absolute atomic E-state index is 12.1. The number of hydrogen-bond donors (Lipinski definition) is 1. The predicted molar refractivity (Wildman–Crippen MR) is 100 cm³/mol. The number of ether oxygens (including phenoxy) is 2. The number of benzene rings is 2. The maximum atomic E-state index is 12.1. The van der Waals surface area contributed by atoms with Crippen molar-refractivity contribution in [2.75, 3.05) is 13.2 Å². The minimum Gasteiger partial charge on any atom is -0.494 e. The molecular weight excluding hydrogens is 330 g/mol. The van der Waals surface area contributed by atoms with E-state index in [0.717, 1.165) is 29.7 Å².